The van der Waals surface area contributed by atoms with Gasteiger partial charge < -0.3 is 5.32 Å². The third kappa shape index (κ3) is 2.14. The van der Waals surface area contributed by atoms with E-state index in [1.807, 2.05) is 31.2 Å². The quantitative estimate of drug-likeness (QED) is 0.748. The molecule has 20 heavy (non-hydrogen) atoms. The Labute approximate surface area is 114 Å². The molecule has 3 aromatic rings. The van der Waals surface area contributed by atoms with Crippen LogP contribution in [0.3, 0.4) is 0 Å². The van der Waals surface area contributed by atoms with Crippen molar-refractivity contribution in [1.29, 1.82) is 5.26 Å². The molecule has 7 heteroatoms. The van der Waals surface area contributed by atoms with Crippen LogP contribution in [0.1, 0.15) is 24.4 Å². The normalized spacial score (nSPS) is 12.0. The van der Waals surface area contributed by atoms with Gasteiger partial charge in [0.25, 0.3) is 0 Å². The predicted molar refractivity (Wildman–Crippen MR) is 72.7 cm³/mol. The zero-order valence-electron chi connectivity index (χ0n) is 10.7. The van der Waals surface area contributed by atoms with E-state index in [0.717, 1.165) is 10.9 Å². The second kappa shape index (κ2) is 4.93. The lowest BCUT2D eigenvalue weighted by atomic mass is 10.1. The SMILES string of the molecule is CC(Nc1cc(C#N)c2ccccc2n1)c1nn[nH]n1. The summed E-state index contributed by atoms with van der Waals surface area (Å²) in [5.74, 6) is 1.15. The highest BCUT2D eigenvalue weighted by Crippen LogP contribution is 2.22. The Morgan fingerprint density at radius 3 is 2.95 bits per heavy atom. The van der Waals surface area contributed by atoms with Crippen LogP contribution >= 0.6 is 0 Å². The summed E-state index contributed by atoms with van der Waals surface area (Å²) in [5.41, 5.74) is 1.35. The number of para-hydroxylation sites is 1. The van der Waals surface area contributed by atoms with Crippen molar-refractivity contribution >= 4 is 16.7 Å². The van der Waals surface area contributed by atoms with Gasteiger partial charge in [-0.05, 0) is 19.1 Å². The molecule has 0 bridgehead atoms. The number of nitrogens with one attached hydrogen (secondary N) is 2. The summed E-state index contributed by atoms with van der Waals surface area (Å²) in [7, 11) is 0. The van der Waals surface area contributed by atoms with Crippen molar-refractivity contribution in [3.05, 3.63) is 41.7 Å². The van der Waals surface area contributed by atoms with Crippen LogP contribution in [0.25, 0.3) is 10.9 Å². The van der Waals surface area contributed by atoms with Gasteiger partial charge in [-0.25, -0.2) is 4.98 Å². The maximum Gasteiger partial charge on any atom is 0.196 e. The van der Waals surface area contributed by atoms with E-state index in [-0.39, 0.29) is 6.04 Å². The number of pyridine rings is 1. The van der Waals surface area contributed by atoms with Gasteiger partial charge in [-0.1, -0.05) is 23.4 Å². The second-order valence-corrected chi connectivity index (χ2v) is 4.32. The number of tetrazole rings is 1. The number of hydrogen-bond acceptors (Lipinski definition) is 6. The topological polar surface area (TPSA) is 103 Å². The van der Waals surface area contributed by atoms with E-state index in [1.165, 1.54) is 0 Å². The monoisotopic (exact) mass is 265 g/mol. The maximum absolute atomic E-state index is 9.23. The Kier molecular flexibility index (Phi) is 2.97. The summed E-state index contributed by atoms with van der Waals surface area (Å²) in [5, 5.41) is 27.0. The summed E-state index contributed by atoms with van der Waals surface area (Å²) in [6.07, 6.45) is 0. The standard InChI is InChI=1S/C13H11N7/c1-8(13-17-19-20-18-13)15-12-6-9(7-14)10-4-2-3-5-11(10)16-12/h2-6,8H,1H3,(H,15,16)(H,17,18,19,20). The molecule has 2 heterocycles. The summed E-state index contributed by atoms with van der Waals surface area (Å²) >= 11 is 0. The van der Waals surface area contributed by atoms with Crippen LogP contribution in [0, 0.1) is 11.3 Å². The summed E-state index contributed by atoms with van der Waals surface area (Å²) in [6.45, 7) is 1.90. The molecule has 0 saturated heterocycles. The van der Waals surface area contributed by atoms with Crippen molar-refractivity contribution < 1.29 is 0 Å². The van der Waals surface area contributed by atoms with Gasteiger partial charge in [-0.3, -0.25) is 0 Å². The second-order valence-electron chi connectivity index (χ2n) is 4.32. The van der Waals surface area contributed by atoms with Crippen molar-refractivity contribution in [3.63, 3.8) is 0 Å². The number of H-pyrrole nitrogens is 1. The highest BCUT2D eigenvalue weighted by molar-refractivity contribution is 5.86. The third-order valence-electron chi connectivity index (χ3n) is 2.95. The number of fused-ring (bicyclic) bond motifs is 1. The van der Waals surface area contributed by atoms with E-state index in [0.29, 0.717) is 17.2 Å². The molecule has 0 saturated carbocycles. The molecular formula is C13H11N7. The lowest BCUT2D eigenvalue weighted by molar-refractivity contribution is 0.789. The molecule has 0 spiro atoms. The molecule has 0 fully saturated rings. The van der Waals surface area contributed by atoms with E-state index in [2.05, 4.69) is 37.0 Å². The lowest BCUT2D eigenvalue weighted by Gasteiger charge is -2.11. The molecule has 2 N–H and O–H groups in total. The molecule has 2 aromatic heterocycles. The fraction of sp³-hybridized carbons (Fsp3) is 0.154. The summed E-state index contributed by atoms with van der Waals surface area (Å²) in [6, 6.07) is 11.3. The minimum absolute atomic E-state index is 0.158. The Morgan fingerprint density at radius 2 is 2.20 bits per heavy atom. The molecule has 1 aromatic carbocycles. The Hall–Kier alpha value is -3.01. The van der Waals surface area contributed by atoms with Gasteiger partial charge in [0.05, 0.1) is 23.2 Å². The van der Waals surface area contributed by atoms with Crippen molar-refractivity contribution in [2.45, 2.75) is 13.0 Å². The van der Waals surface area contributed by atoms with Gasteiger partial charge in [-0.2, -0.15) is 10.5 Å². The minimum atomic E-state index is -0.158. The van der Waals surface area contributed by atoms with Crippen molar-refractivity contribution in [3.8, 4) is 6.07 Å². The smallest absolute Gasteiger partial charge is 0.196 e. The van der Waals surface area contributed by atoms with Gasteiger partial charge in [0.1, 0.15) is 5.82 Å². The largest absolute Gasteiger partial charge is 0.360 e. The van der Waals surface area contributed by atoms with Gasteiger partial charge in [-0.15, -0.1) is 10.2 Å². The zero-order valence-corrected chi connectivity index (χ0v) is 10.7. The number of aromatic nitrogens is 5. The lowest BCUT2D eigenvalue weighted by Crippen LogP contribution is -2.10. The number of nitriles is 1. The molecule has 1 atom stereocenters. The first-order valence-electron chi connectivity index (χ1n) is 6.07. The first kappa shape index (κ1) is 12.0. The Bertz CT molecular complexity index is 773. The summed E-state index contributed by atoms with van der Waals surface area (Å²) < 4.78 is 0. The van der Waals surface area contributed by atoms with E-state index in [1.54, 1.807) is 6.07 Å². The molecule has 1 unspecified atom stereocenters. The van der Waals surface area contributed by atoms with Crippen LogP contribution < -0.4 is 5.32 Å². The Balaban J connectivity index is 1.98. The highest BCUT2D eigenvalue weighted by atomic mass is 15.5. The fourth-order valence-electron chi connectivity index (χ4n) is 1.98. The highest BCUT2D eigenvalue weighted by Gasteiger charge is 2.12. The molecule has 3 rings (SSSR count). The molecular weight excluding hydrogens is 254 g/mol. The number of aromatic amines is 1. The summed E-state index contributed by atoms with van der Waals surface area (Å²) in [4.78, 5) is 4.49. The predicted octanol–water partition coefficient (Wildman–Crippen LogP) is 1.79. The maximum atomic E-state index is 9.23. The van der Waals surface area contributed by atoms with Gasteiger partial charge in [0, 0.05) is 5.39 Å². The van der Waals surface area contributed by atoms with Crippen molar-refractivity contribution in [2.75, 3.05) is 5.32 Å². The van der Waals surface area contributed by atoms with Crippen LogP contribution in [0.15, 0.2) is 30.3 Å². The van der Waals surface area contributed by atoms with E-state index in [9.17, 15) is 5.26 Å². The fourth-order valence-corrected chi connectivity index (χ4v) is 1.98. The molecule has 0 radical (unpaired) electrons. The van der Waals surface area contributed by atoms with Crippen LogP contribution in [0.4, 0.5) is 5.82 Å². The van der Waals surface area contributed by atoms with Crippen LogP contribution in [-0.4, -0.2) is 25.6 Å². The third-order valence-corrected chi connectivity index (χ3v) is 2.95. The van der Waals surface area contributed by atoms with Gasteiger partial charge in [0.15, 0.2) is 5.82 Å². The van der Waals surface area contributed by atoms with Crippen molar-refractivity contribution in [1.82, 2.24) is 25.6 Å². The van der Waals surface area contributed by atoms with Crippen LogP contribution in [-0.2, 0) is 0 Å². The molecule has 0 aliphatic carbocycles. The van der Waals surface area contributed by atoms with E-state index < -0.39 is 0 Å². The van der Waals surface area contributed by atoms with Gasteiger partial charge in [0.2, 0.25) is 0 Å². The van der Waals surface area contributed by atoms with Crippen LogP contribution in [0.2, 0.25) is 0 Å². The molecule has 98 valence electrons. The average Bonchev–Trinajstić information content (AvgIpc) is 3.00. The number of rotatable bonds is 3. The average molecular weight is 265 g/mol. The van der Waals surface area contributed by atoms with E-state index >= 15 is 0 Å². The molecule has 7 nitrogen and oxygen atoms in total. The number of hydrogen-bond donors (Lipinski definition) is 2. The molecule has 0 amide bonds. The first-order chi connectivity index (χ1) is 9.78. The minimum Gasteiger partial charge on any atom is -0.360 e. The van der Waals surface area contributed by atoms with Gasteiger partial charge >= 0.3 is 0 Å². The van der Waals surface area contributed by atoms with E-state index in [4.69, 9.17) is 0 Å². The number of benzene rings is 1. The molecule has 0 aliphatic rings. The number of anilines is 1. The zero-order chi connectivity index (χ0) is 13.9. The molecule has 0 aliphatic heterocycles. The number of nitrogens with zero attached hydrogens (tertiary/aromatic N) is 5. The van der Waals surface area contributed by atoms with Crippen LogP contribution in [0.5, 0.6) is 0 Å². The van der Waals surface area contributed by atoms with Crippen molar-refractivity contribution in [2.24, 2.45) is 0 Å². The Morgan fingerprint density at radius 1 is 1.35 bits per heavy atom. The first-order valence-corrected chi connectivity index (χ1v) is 6.07.